The number of anilines is 1. The van der Waals surface area contributed by atoms with Gasteiger partial charge in [0.15, 0.2) is 0 Å². The SMILES string of the molecule is COc1ncncc1Oc1ccc(NC(=O)NC2=CC=CCC=C2)cc1. The molecule has 26 heavy (non-hydrogen) atoms. The number of methoxy groups -OCH3 is 1. The fraction of sp³-hybridized carbons (Fsp3) is 0.105. The Labute approximate surface area is 151 Å². The Morgan fingerprint density at radius 3 is 2.81 bits per heavy atom. The van der Waals surface area contributed by atoms with Crippen molar-refractivity contribution in [3.8, 4) is 17.4 Å². The fourth-order valence-corrected chi connectivity index (χ4v) is 2.22. The van der Waals surface area contributed by atoms with Crippen LogP contribution in [-0.4, -0.2) is 23.1 Å². The summed E-state index contributed by atoms with van der Waals surface area (Å²) in [6.45, 7) is 0. The van der Waals surface area contributed by atoms with Gasteiger partial charge >= 0.3 is 6.03 Å². The van der Waals surface area contributed by atoms with Crippen molar-refractivity contribution < 1.29 is 14.3 Å². The average Bonchev–Trinajstić information content (AvgIpc) is 2.92. The summed E-state index contributed by atoms with van der Waals surface area (Å²) in [7, 11) is 1.51. The predicted molar refractivity (Wildman–Crippen MR) is 98.2 cm³/mol. The van der Waals surface area contributed by atoms with E-state index in [2.05, 4.69) is 20.6 Å². The van der Waals surface area contributed by atoms with Gasteiger partial charge < -0.3 is 20.1 Å². The Morgan fingerprint density at radius 1 is 1.15 bits per heavy atom. The number of allylic oxidation sites excluding steroid dienone is 5. The molecule has 1 aromatic heterocycles. The van der Waals surface area contributed by atoms with Crippen LogP contribution >= 0.6 is 0 Å². The van der Waals surface area contributed by atoms with E-state index in [-0.39, 0.29) is 6.03 Å². The average molecular weight is 350 g/mol. The summed E-state index contributed by atoms with van der Waals surface area (Å²) in [6.07, 6.45) is 13.4. The number of carbonyl (C=O) groups excluding carboxylic acids is 1. The monoisotopic (exact) mass is 350 g/mol. The number of urea groups is 1. The molecular formula is C19H18N4O3. The Kier molecular flexibility index (Phi) is 5.61. The lowest BCUT2D eigenvalue weighted by Crippen LogP contribution is -2.27. The van der Waals surface area contributed by atoms with Gasteiger partial charge in [-0.3, -0.25) is 0 Å². The summed E-state index contributed by atoms with van der Waals surface area (Å²) in [5.74, 6) is 1.33. The second-order valence-electron chi connectivity index (χ2n) is 5.29. The summed E-state index contributed by atoms with van der Waals surface area (Å²) in [6, 6.07) is 6.62. The van der Waals surface area contributed by atoms with Gasteiger partial charge in [-0.15, -0.1) is 0 Å². The van der Waals surface area contributed by atoms with Gasteiger partial charge in [0, 0.05) is 11.4 Å². The predicted octanol–water partition coefficient (Wildman–Crippen LogP) is 3.80. The molecule has 0 unspecified atom stereocenters. The van der Waals surface area contributed by atoms with Gasteiger partial charge in [-0.05, 0) is 42.8 Å². The molecule has 1 heterocycles. The van der Waals surface area contributed by atoms with E-state index < -0.39 is 0 Å². The van der Waals surface area contributed by atoms with E-state index in [1.165, 1.54) is 19.6 Å². The molecule has 0 saturated carbocycles. The third-order valence-electron chi connectivity index (χ3n) is 3.42. The molecule has 0 fully saturated rings. The lowest BCUT2D eigenvalue weighted by molar-refractivity contribution is 0.254. The molecule has 2 amide bonds. The third-order valence-corrected chi connectivity index (χ3v) is 3.42. The minimum atomic E-state index is -0.317. The molecule has 0 spiro atoms. The lowest BCUT2D eigenvalue weighted by Gasteiger charge is -2.10. The number of hydrogen-bond donors (Lipinski definition) is 2. The molecule has 2 aromatic rings. The Bertz CT molecular complexity index is 857. The molecule has 3 rings (SSSR count). The highest BCUT2D eigenvalue weighted by Crippen LogP contribution is 2.28. The smallest absolute Gasteiger partial charge is 0.323 e. The van der Waals surface area contributed by atoms with Crippen molar-refractivity contribution >= 4 is 11.7 Å². The van der Waals surface area contributed by atoms with Crippen molar-refractivity contribution in [2.45, 2.75) is 6.42 Å². The molecule has 0 bridgehead atoms. The summed E-state index contributed by atoms with van der Waals surface area (Å²) in [5.41, 5.74) is 1.37. The Hall–Kier alpha value is -3.61. The van der Waals surface area contributed by atoms with E-state index in [9.17, 15) is 4.79 Å². The Morgan fingerprint density at radius 2 is 2.00 bits per heavy atom. The van der Waals surface area contributed by atoms with E-state index in [0.717, 1.165) is 12.1 Å². The minimum absolute atomic E-state index is 0.317. The van der Waals surface area contributed by atoms with E-state index in [1.807, 2.05) is 30.4 Å². The van der Waals surface area contributed by atoms with Gasteiger partial charge in [0.1, 0.15) is 12.1 Å². The first-order chi connectivity index (χ1) is 12.7. The topological polar surface area (TPSA) is 85.4 Å². The molecule has 7 nitrogen and oxygen atoms in total. The molecule has 0 radical (unpaired) electrons. The number of benzene rings is 1. The van der Waals surface area contributed by atoms with E-state index in [4.69, 9.17) is 9.47 Å². The van der Waals surface area contributed by atoms with Crippen molar-refractivity contribution in [1.82, 2.24) is 15.3 Å². The summed E-state index contributed by atoms with van der Waals surface area (Å²) >= 11 is 0. The first kappa shape index (κ1) is 17.2. The summed E-state index contributed by atoms with van der Waals surface area (Å²) < 4.78 is 10.8. The van der Waals surface area contributed by atoms with Crippen LogP contribution in [0.2, 0.25) is 0 Å². The maximum atomic E-state index is 12.1. The van der Waals surface area contributed by atoms with Crippen LogP contribution in [0.5, 0.6) is 17.4 Å². The first-order valence-electron chi connectivity index (χ1n) is 7.98. The van der Waals surface area contributed by atoms with Gasteiger partial charge in [-0.25, -0.2) is 9.78 Å². The zero-order valence-corrected chi connectivity index (χ0v) is 14.2. The number of nitrogens with one attached hydrogen (secondary N) is 2. The number of amides is 2. The normalized spacial score (nSPS) is 12.7. The van der Waals surface area contributed by atoms with E-state index >= 15 is 0 Å². The lowest BCUT2D eigenvalue weighted by atomic mass is 10.3. The number of aromatic nitrogens is 2. The van der Waals surface area contributed by atoms with Crippen molar-refractivity contribution in [2.24, 2.45) is 0 Å². The highest BCUT2D eigenvalue weighted by molar-refractivity contribution is 5.90. The zero-order valence-electron chi connectivity index (χ0n) is 14.2. The third kappa shape index (κ3) is 4.70. The fourth-order valence-electron chi connectivity index (χ4n) is 2.22. The van der Waals surface area contributed by atoms with Crippen LogP contribution in [0.3, 0.4) is 0 Å². The molecule has 0 atom stereocenters. The van der Waals surface area contributed by atoms with E-state index in [0.29, 0.717) is 23.1 Å². The molecule has 0 saturated heterocycles. The standard InChI is InChI=1S/C19H18N4O3/c1-25-18-17(12-20-13-21-18)26-16-10-8-15(9-11-16)23-19(24)22-14-6-4-2-3-5-7-14/h2,4-13H,3H2,1H3,(H2,22,23,24). The molecule has 1 aromatic carbocycles. The van der Waals surface area contributed by atoms with E-state index in [1.54, 1.807) is 24.3 Å². The maximum absolute atomic E-state index is 12.1. The van der Waals surface area contributed by atoms with Crippen LogP contribution < -0.4 is 20.1 Å². The molecule has 0 aliphatic heterocycles. The molecule has 7 heteroatoms. The highest BCUT2D eigenvalue weighted by Gasteiger charge is 2.08. The van der Waals surface area contributed by atoms with Gasteiger partial charge in [0.05, 0.1) is 13.3 Å². The van der Waals surface area contributed by atoms with Gasteiger partial charge in [0.2, 0.25) is 5.75 Å². The largest absolute Gasteiger partial charge is 0.478 e. The van der Waals surface area contributed by atoms with Crippen LogP contribution in [0, 0.1) is 0 Å². The second-order valence-corrected chi connectivity index (χ2v) is 5.29. The Balaban J connectivity index is 1.60. The van der Waals surface area contributed by atoms with Crippen LogP contribution in [0.15, 0.2) is 72.9 Å². The van der Waals surface area contributed by atoms with Crippen molar-refractivity contribution in [2.75, 3.05) is 12.4 Å². The van der Waals surface area contributed by atoms with Crippen molar-refractivity contribution in [3.05, 3.63) is 72.9 Å². The summed E-state index contributed by atoms with van der Waals surface area (Å²) in [5, 5.41) is 5.56. The number of hydrogen-bond acceptors (Lipinski definition) is 5. The molecule has 2 N–H and O–H groups in total. The minimum Gasteiger partial charge on any atom is -0.478 e. The second kappa shape index (κ2) is 8.48. The highest BCUT2D eigenvalue weighted by atomic mass is 16.5. The quantitative estimate of drug-likeness (QED) is 0.857. The molecule has 1 aliphatic carbocycles. The van der Waals surface area contributed by atoms with Gasteiger partial charge in [-0.2, -0.15) is 4.98 Å². The number of rotatable bonds is 5. The molecule has 132 valence electrons. The van der Waals surface area contributed by atoms with Gasteiger partial charge in [-0.1, -0.05) is 18.2 Å². The van der Waals surface area contributed by atoms with Crippen LogP contribution in [-0.2, 0) is 0 Å². The molecular weight excluding hydrogens is 332 g/mol. The van der Waals surface area contributed by atoms with Crippen LogP contribution in [0.1, 0.15) is 6.42 Å². The van der Waals surface area contributed by atoms with Crippen molar-refractivity contribution in [1.29, 1.82) is 0 Å². The zero-order chi connectivity index (χ0) is 18.2. The number of nitrogens with zero attached hydrogens (tertiary/aromatic N) is 2. The van der Waals surface area contributed by atoms with Gasteiger partial charge in [0.25, 0.3) is 5.88 Å². The van der Waals surface area contributed by atoms with Crippen LogP contribution in [0.25, 0.3) is 0 Å². The van der Waals surface area contributed by atoms with Crippen molar-refractivity contribution in [3.63, 3.8) is 0 Å². The van der Waals surface area contributed by atoms with Crippen LogP contribution in [0.4, 0.5) is 10.5 Å². The number of ether oxygens (including phenoxy) is 2. The number of carbonyl (C=O) groups is 1. The maximum Gasteiger partial charge on any atom is 0.323 e. The molecule has 1 aliphatic rings. The summed E-state index contributed by atoms with van der Waals surface area (Å²) in [4.78, 5) is 20.0. The first-order valence-corrected chi connectivity index (χ1v) is 7.98.